The van der Waals surface area contributed by atoms with Crippen molar-refractivity contribution in [2.45, 2.75) is 65.0 Å². The van der Waals surface area contributed by atoms with E-state index >= 15 is 0 Å². The number of carbonyl (C=O) groups is 1. The second-order valence-corrected chi connectivity index (χ2v) is 8.46. The number of carbonyl (C=O) groups excluding carboxylic acids is 1. The minimum Gasteiger partial charge on any atom is -0.444 e. The van der Waals surface area contributed by atoms with Gasteiger partial charge in [-0.1, -0.05) is 20.8 Å². The van der Waals surface area contributed by atoms with E-state index in [-0.39, 0.29) is 17.6 Å². The first kappa shape index (κ1) is 17.0. The predicted octanol–water partition coefficient (Wildman–Crippen LogP) is 2.94. The molecule has 0 aromatic carbocycles. The summed E-state index contributed by atoms with van der Waals surface area (Å²) in [5, 5.41) is 3.85. The average Bonchev–Trinajstić information content (AvgIpc) is 2.91. The van der Waals surface area contributed by atoms with E-state index in [2.05, 4.69) is 40.3 Å². The van der Waals surface area contributed by atoms with Gasteiger partial charge in [-0.2, -0.15) is 4.37 Å². The van der Waals surface area contributed by atoms with Crippen molar-refractivity contribution in [1.82, 2.24) is 14.7 Å². The standard InChI is InChI=1S/C15H26N4O2S/c1-14(2,3)11-17-12(22-18-11)19-8-7-10(9-19)16-13(20)21-15(4,5)6/h10H,7-9H2,1-6H3,(H,16,20). The lowest BCUT2D eigenvalue weighted by molar-refractivity contribution is 0.0509. The molecule has 1 amide bonds. The molecule has 1 unspecified atom stereocenters. The van der Waals surface area contributed by atoms with Gasteiger partial charge in [0.2, 0.25) is 5.13 Å². The van der Waals surface area contributed by atoms with E-state index in [1.54, 1.807) is 0 Å². The number of amides is 1. The fourth-order valence-electron chi connectivity index (χ4n) is 2.17. The van der Waals surface area contributed by atoms with Crippen molar-refractivity contribution in [3.63, 3.8) is 0 Å². The molecule has 1 aromatic heterocycles. The third-order valence-corrected chi connectivity index (χ3v) is 4.04. The zero-order valence-electron chi connectivity index (χ0n) is 14.3. The van der Waals surface area contributed by atoms with Crippen LogP contribution in [0.2, 0.25) is 0 Å². The van der Waals surface area contributed by atoms with E-state index < -0.39 is 5.60 Å². The molecule has 1 aliphatic rings. The van der Waals surface area contributed by atoms with E-state index in [0.29, 0.717) is 0 Å². The van der Waals surface area contributed by atoms with Crippen molar-refractivity contribution in [3.8, 4) is 0 Å². The Morgan fingerprint density at radius 1 is 1.32 bits per heavy atom. The highest BCUT2D eigenvalue weighted by atomic mass is 32.1. The van der Waals surface area contributed by atoms with Gasteiger partial charge >= 0.3 is 6.09 Å². The van der Waals surface area contributed by atoms with Crippen LogP contribution in [0, 0.1) is 0 Å². The summed E-state index contributed by atoms with van der Waals surface area (Å²) in [5.41, 5.74) is -0.508. The van der Waals surface area contributed by atoms with Crippen LogP contribution in [0.15, 0.2) is 0 Å². The molecule has 6 nitrogen and oxygen atoms in total. The SMILES string of the molecule is CC(C)(C)OC(=O)NC1CCN(c2nc(C(C)(C)C)ns2)C1. The van der Waals surface area contributed by atoms with Crippen molar-refractivity contribution < 1.29 is 9.53 Å². The Morgan fingerprint density at radius 3 is 2.55 bits per heavy atom. The fraction of sp³-hybridized carbons (Fsp3) is 0.800. The molecule has 0 spiro atoms. The van der Waals surface area contributed by atoms with Gasteiger partial charge in [0.05, 0.1) is 6.04 Å². The molecule has 2 heterocycles. The highest BCUT2D eigenvalue weighted by Crippen LogP contribution is 2.27. The predicted molar refractivity (Wildman–Crippen MR) is 88.6 cm³/mol. The van der Waals surface area contributed by atoms with Gasteiger partial charge in [0.15, 0.2) is 0 Å². The molecule has 0 aliphatic carbocycles. The summed E-state index contributed by atoms with van der Waals surface area (Å²) >= 11 is 1.43. The van der Waals surface area contributed by atoms with Crippen molar-refractivity contribution in [2.24, 2.45) is 0 Å². The summed E-state index contributed by atoms with van der Waals surface area (Å²) in [6, 6.07) is 0.0943. The molecule has 1 saturated heterocycles. The van der Waals surface area contributed by atoms with Crippen LogP contribution in [-0.2, 0) is 10.2 Å². The zero-order valence-corrected chi connectivity index (χ0v) is 15.1. The van der Waals surface area contributed by atoms with Crippen LogP contribution in [0.25, 0.3) is 0 Å². The van der Waals surface area contributed by atoms with Gasteiger partial charge in [-0.3, -0.25) is 0 Å². The van der Waals surface area contributed by atoms with Crippen LogP contribution >= 0.6 is 11.5 Å². The van der Waals surface area contributed by atoms with Gasteiger partial charge in [0, 0.05) is 30.0 Å². The molecule has 22 heavy (non-hydrogen) atoms. The van der Waals surface area contributed by atoms with Crippen molar-refractivity contribution in [1.29, 1.82) is 0 Å². The number of hydrogen-bond donors (Lipinski definition) is 1. The van der Waals surface area contributed by atoms with E-state index in [4.69, 9.17) is 4.74 Å². The summed E-state index contributed by atoms with van der Waals surface area (Å²) < 4.78 is 9.74. The first-order valence-electron chi connectivity index (χ1n) is 7.63. The Bertz CT molecular complexity index is 530. The monoisotopic (exact) mass is 326 g/mol. The Morgan fingerprint density at radius 2 is 2.00 bits per heavy atom. The number of nitrogens with one attached hydrogen (secondary N) is 1. The molecule has 7 heteroatoms. The second kappa shape index (κ2) is 6.02. The molecule has 1 aromatic rings. The Hall–Kier alpha value is -1.37. The maximum absolute atomic E-state index is 11.8. The summed E-state index contributed by atoms with van der Waals surface area (Å²) in [4.78, 5) is 18.6. The largest absolute Gasteiger partial charge is 0.444 e. The summed E-state index contributed by atoms with van der Waals surface area (Å²) in [5.74, 6) is 0.871. The Labute approximate surface area is 136 Å². The molecule has 1 aliphatic heterocycles. The number of nitrogens with zero attached hydrogens (tertiary/aromatic N) is 3. The van der Waals surface area contributed by atoms with Gasteiger partial charge in [0.25, 0.3) is 0 Å². The van der Waals surface area contributed by atoms with Crippen molar-refractivity contribution >= 4 is 22.8 Å². The minimum atomic E-state index is -0.469. The van der Waals surface area contributed by atoms with Crippen LogP contribution < -0.4 is 10.2 Å². The Kier molecular flexibility index (Phi) is 4.65. The quantitative estimate of drug-likeness (QED) is 0.905. The van der Waals surface area contributed by atoms with Crippen LogP contribution in [0.1, 0.15) is 53.8 Å². The molecule has 124 valence electrons. The minimum absolute atomic E-state index is 0.0390. The van der Waals surface area contributed by atoms with Crippen LogP contribution in [-0.4, -0.2) is 40.2 Å². The molecule has 0 bridgehead atoms. The van der Waals surface area contributed by atoms with Crippen LogP contribution in [0.3, 0.4) is 0 Å². The summed E-state index contributed by atoms with van der Waals surface area (Å²) in [6.45, 7) is 13.5. The zero-order chi connectivity index (χ0) is 16.5. The number of alkyl carbamates (subject to hydrolysis) is 1. The molecule has 1 fully saturated rings. The van der Waals surface area contributed by atoms with Gasteiger partial charge in [-0.05, 0) is 27.2 Å². The number of anilines is 1. The molecule has 0 saturated carbocycles. The van der Waals surface area contributed by atoms with Gasteiger partial charge < -0.3 is 15.0 Å². The van der Waals surface area contributed by atoms with E-state index in [1.807, 2.05) is 20.8 Å². The molecular formula is C15H26N4O2S. The summed E-state index contributed by atoms with van der Waals surface area (Å²) in [6.07, 6.45) is 0.538. The smallest absolute Gasteiger partial charge is 0.407 e. The molecule has 0 radical (unpaired) electrons. The van der Waals surface area contributed by atoms with Crippen molar-refractivity contribution in [3.05, 3.63) is 5.82 Å². The first-order valence-corrected chi connectivity index (χ1v) is 8.40. The van der Waals surface area contributed by atoms with Gasteiger partial charge in [-0.25, -0.2) is 9.78 Å². The second-order valence-electron chi connectivity index (χ2n) is 7.73. The third-order valence-electron chi connectivity index (χ3n) is 3.27. The number of aromatic nitrogens is 2. The van der Waals surface area contributed by atoms with E-state index in [1.165, 1.54) is 11.5 Å². The number of ether oxygens (including phenoxy) is 1. The number of hydrogen-bond acceptors (Lipinski definition) is 6. The highest BCUT2D eigenvalue weighted by Gasteiger charge is 2.29. The van der Waals surface area contributed by atoms with E-state index in [0.717, 1.165) is 30.5 Å². The summed E-state index contributed by atoms with van der Waals surface area (Å²) in [7, 11) is 0. The lowest BCUT2D eigenvalue weighted by Crippen LogP contribution is -2.40. The van der Waals surface area contributed by atoms with Crippen molar-refractivity contribution in [2.75, 3.05) is 18.0 Å². The highest BCUT2D eigenvalue weighted by molar-refractivity contribution is 7.09. The number of rotatable bonds is 2. The Balaban J connectivity index is 1.90. The maximum Gasteiger partial charge on any atom is 0.407 e. The lowest BCUT2D eigenvalue weighted by atomic mass is 9.96. The van der Waals surface area contributed by atoms with Crippen LogP contribution in [0.4, 0.5) is 9.93 Å². The van der Waals surface area contributed by atoms with E-state index in [9.17, 15) is 4.79 Å². The first-order chi connectivity index (χ1) is 10.0. The molecule has 2 rings (SSSR count). The fourth-order valence-corrected chi connectivity index (χ4v) is 3.07. The van der Waals surface area contributed by atoms with Gasteiger partial charge in [-0.15, -0.1) is 0 Å². The molecular weight excluding hydrogens is 300 g/mol. The lowest BCUT2D eigenvalue weighted by Gasteiger charge is -2.21. The third kappa shape index (κ3) is 4.56. The molecule has 1 N–H and O–H groups in total. The molecule has 1 atom stereocenters. The topological polar surface area (TPSA) is 67.3 Å². The normalized spacial score (nSPS) is 19.4. The van der Waals surface area contributed by atoms with Crippen LogP contribution in [0.5, 0.6) is 0 Å². The average molecular weight is 326 g/mol. The maximum atomic E-state index is 11.8. The van der Waals surface area contributed by atoms with Gasteiger partial charge in [0.1, 0.15) is 11.4 Å².